The van der Waals surface area contributed by atoms with Crippen LogP contribution in [0.3, 0.4) is 0 Å². The molecular weight excluding hydrogens is 346 g/mol. The number of hydrogen-bond acceptors (Lipinski definition) is 5. The molecule has 0 radical (unpaired) electrons. The average molecular weight is 367 g/mol. The maximum Gasteiger partial charge on any atom is 0.270 e. The molecule has 0 fully saturated rings. The summed E-state index contributed by atoms with van der Waals surface area (Å²) < 4.78 is 11.9. The summed E-state index contributed by atoms with van der Waals surface area (Å²) in [6.07, 6.45) is 2.93. The number of fused-ring (bicyclic) bond motifs is 1. The Kier molecular flexibility index (Phi) is 5.83. The molecule has 0 spiro atoms. The smallest absolute Gasteiger partial charge is 0.270 e. The van der Waals surface area contributed by atoms with E-state index in [0.717, 1.165) is 5.56 Å². The van der Waals surface area contributed by atoms with Crippen molar-refractivity contribution in [1.29, 1.82) is 0 Å². The van der Waals surface area contributed by atoms with Crippen LogP contribution in [0.15, 0.2) is 59.7 Å². The lowest BCUT2D eigenvalue weighted by Crippen LogP contribution is -2.37. The highest BCUT2D eigenvalue weighted by Crippen LogP contribution is 2.20. The molecule has 140 valence electrons. The summed E-state index contributed by atoms with van der Waals surface area (Å²) in [6, 6.07) is 12.7. The minimum atomic E-state index is -0.395. The number of amides is 1. The molecule has 0 N–H and O–H groups in total. The number of aromatic nitrogens is 2. The average Bonchev–Trinajstić information content (AvgIpc) is 2.71. The number of carbonyl (C=O) groups excluding carboxylic acids is 1. The van der Waals surface area contributed by atoms with Crippen molar-refractivity contribution in [3.63, 3.8) is 0 Å². The van der Waals surface area contributed by atoms with E-state index in [1.165, 1.54) is 10.6 Å². The van der Waals surface area contributed by atoms with Crippen LogP contribution in [0, 0.1) is 0 Å². The highest BCUT2D eigenvalue weighted by molar-refractivity contribution is 5.93. The summed E-state index contributed by atoms with van der Waals surface area (Å²) in [5, 5.41) is 0. The molecule has 3 aromatic rings. The second-order valence-electron chi connectivity index (χ2n) is 5.94. The lowest BCUT2D eigenvalue weighted by atomic mass is 10.1. The summed E-state index contributed by atoms with van der Waals surface area (Å²) >= 11 is 0. The van der Waals surface area contributed by atoms with Crippen molar-refractivity contribution in [3.8, 4) is 5.75 Å². The molecule has 1 amide bonds. The second-order valence-corrected chi connectivity index (χ2v) is 5.94. The van der Waals surface area contributed by atoms with Gasteiger partial charge in [-0.15, -0.1) is 0 Å². The van der Waals surface area contributed by atoms with Gasteiger partial charge in [-0.1, -0.05) is 24.3 Å². The highest BCUT2D eigenvalue weighted by atomic mass is 16.5. The fourth-order valence-corrected chi connectivity index (χ4v) is 2.84. The van der Waals surface area contributed by atoms with Gasteiger partial charge in [0.15, 0.2) is 0 Å². The summed E-state index contributed by atoms with van der Waals surface area (Å²) in [7, 11) is 3.15. The molecule has 0 bridgehead atoms. The first-order chi connectivity index (χ1) is 13.2. The Morgan fingerprint density at radius 2 is 1.93 bits per heavy atom. The van der Waals surface area contributed by atoms with E-state index in [9.17, 15) is 9.59 Å². The number of nitrogens with zero attached hydrogens (tertiary/aromatic N) is 3. The zero-order valence-corrected chi connectivity index (χ0v) is 15.3. The third-order valence-electron chi connectivity index (χ3n) is 4.25. The summed E-state index contributed by atoms with van der Waals surface area (Å²) in [4.78, 5) is 31.6. The van der Waals surface area contributed by atoms with E-state index >= 15 is 0 Å². The van der Waals surface area contributed by atoms with Gasteiger partial charge < -0.3 is 14.4 Å². The van der Waals surface area contributed by atoms with Gasteiger partial charge in [-0.2, -0.15) is 0 Å². The normalized spacial score (nSPS) is 10.7. The van der Waals surface area contributed by atoms with Crippen molar-refractivity contribution in [2.75, 3.05) is 27.4 Å². The standard InChI is InChI=1S/C20H21N3O4/c1-26-12-11-22(14-15-7-3-4-8-17(15)27-2)19(24)16-13-21-18-9-5-6-10-23(18)20(16)25/h3-10,13H,11-12,14H2,1-2H3. The lowest BCUT2D eigenvalue weighted by molar-refractivity contribution is 0.0676. The van der Waals surface area contributed by atoms with Gasteiger partial charge in [0.25, 0.3) is 11.5 Å². The third kappa shape index (κ3) is 3.98. The second kappa shape index (κ2) is 8.46. The number of methoxy groups -OCH3 is 2. The molecule has 0 saturated carbocycles. The topological polar surface area (TPSA) is 73.1 Å². The summed E-state index contributed by atoms with van der Waals surface area (Å²) in [6.45, 7) is 0.983. The molecule has 7 heteroatoms. The molecule has 0 aliphatic rings. The Morgan fingerprint density at radius 3 is 2.70 bits per heavy atom. The summed E-state index contributed by atoms with van der Waals surface area (Å²) in [5.74, 6) is 0.287. The maximum atomic E-state index is 13.1. The maximum absolute atomic E-state index is 13.1. The van der Waals surface area contributed by atoms with Crippen LogP contribution in [-0.4, -0.2) is 47.6 Å². The minimum absolute atomic E-state index is 0.0182. The van der Waals surface area contributed by atoms with Crippen LogP contribution in [0.25, 0.3) is 5.65 Å². The first-order valence-corrected chi connectivity index (χ1v) is 8.52. The Balaban J connectivity index is 1.96. The molecule has 0 atom stereocenters. The minimum Gasteiger partial charge on any atom is -0.496 e. The predicted molar refractivity (Wildman–Crippen MR) is 101 cm³/mol. The number of rotatable bonds is 7. The number of para-hydroxylation sites is 1. The molecule has 0 aliphatic carbocycles. The highest BCUT2D eigenvalue weighted by Gasteiger charge is 2.21. The predicted octanol–water partition coefficient (Wildman–Crippen LogP) is 1.99. The van der Waals surface area contributed by atoms with Gasteiger partial charge in [-0.25, -0.2) is 4.98 Å². The fourth-order valence-electron chi connectivity index (χ4n) is 2.84. The molecular formula is C20H21N3O4. The van der Waals surface area contributed by atoms with Crippen LogP contribution < -0.4 is 10.3 Å². The first-order valence-electron chi connectivity index (χ1n) is 8.52. The van der Waals surface area contributed by atoms with E-state index in [-0.39, 0.29) is 5.56 Å². The Bertz CT molecular complexity index is 1000. The number of carbonyl (C=O) groups is 1. The molecule has 1 aromatic carbocycles. The Hall–Kier alpha value is -3.19. The zero-order chi connectivity index (χ0) is 19.2. The van der Waals surface area contributed by atoms with Crippen LogP contribution in [0.1, 0.15) is 15.9 Å². The molecule has 0 unspecified atom stereocenters. The van der Waals surface area contributed by atoms with Crippen LogP contribution >= 0.6 is 0 Å². The lowest BCUT2D eigenvalue weighted by Gasteiger charge is -2.23. The largest absolute Gasteiger partial charge is 0.496 e. The monoisotopic (exact) mass is 367 g/mol. The van der Waals surface area contributed by atoms with Gasteiger partial charge >= 0.3 is 0 Å². The molecule has 0 saturated heterocycles. The van der Waals surface area contributed by atoms with Gasteiger partial charge in [0, 0.05) is 38.2 Å². The molecule has 3 rings (SSSR count). The van der Waals surface area contributed by atoms with Crippen molar-refractivity contribution in [1.82, 2.24) is 14.3 Å². The Labute approximate surface area is 156 Å². The van der Waals surface area contributed by atoms with Crippen molar-refractivity contribution < 1.29 is 14.3 Å². The molecule has 27 heavy (non-hydrogen) atoms. The van der Waals surface area contributed by atoms with Crippen LogP contribution in [-0.2, 0) is 11.3 Å². The Morgan fingerprint density at radius 1 is 1.15 bits per heavy atom. The van der Waals surface area contributed by atoms with Gasteiger partial charge in [-0.05, 0) is 18.2 Å². The van der Waals surface area contributed by atoms with Crippen molar-refractivity contribution in [2.45, 2.75) is 6.54 Å². The van der Waals surface area contributed by atoms with Crippen molar-refractivity contribution in [3.05, 3.63) is 76.3 Å². The van der Waals surface area contributed by atoms with E-state index in [0.29, 0.717) is 31.1 Å². The third-order valence-corrected chi connectivity index (χ3v) is 4.25. The van der Waals surface area contributed by atoms with Crippen LogP contribution in [0.4, 0.5) is 0 Å². The van der Waals surface area contributed by atoms with E-state index in [1.54, 1.807) is 43.5 Å². The number of benzene rings is 1. The zero-order valence-electron chi connectivity index (χ0n) is 15.3. The van der Waals surface area contributed by atoms with E-state index in [2.05, 4.69) is 4.98 Å². The number of hydrogen-bond donors (Lipinski definition) is 0. The van der Waals surface area contributed by atoms with Gasteiger partial charge in [0.2, 0.25) is 0 Å². The molecule has 0 aliphatic heterocycles. The quantitative estimate of drug-likeness (QED) is 0.639. The molecule has 2 aromatic heterocycles. The molecule has 7 nitrogen and oxygen atoms in total. The van der Waals surface area contributed by atoms with E-state index in [4.69, 9.17) is 9.47 Å². The van der Waals surface area contributed by atoms with Crippen molar-refractivity contribution in [2.24, 2.45) is 0 Å². The van der Waals surface area contributed by atoms with E-state index in [1.807, 2.05) is 24.3 Å². The van der Waals surface area contributed by atoms with Crippen LogP contribution in [0.5, 0.6) is 5.75 Å². The van der Waals surface area contributed by atoms with Gasteiger partial charge in [-0.3, -0.25) is 14.0 Å². The number of pyridine rings is 1. The van der Waals surface area contributed by atoms with E-state index < -0.39 is 11.5 Å². The fraction of sp³-hybridized carbons (Fsp3) is 0.250. The SMILES string of the molecule is COCCN(Cc1ccccc1OC)C(=O)c1cnc2ccccn2c1=O. The summed E-state index contributed by atoms with van der Waals surface area (Å²) in [5.41, 5.74) is 0.961. The molecule has 2 heterocycles. The first kappa shape index (κ1) is 18.6. The van der Waals surface area contributed by atoms with Crippen LogP contribution in [0.2, 0.25) is 0 Å². The number of ether oxygens (including phenoxy) is 2. The van der Waals surface area contributed by atoms with Gasteiger partial charge in [0.1, 0.15) is 17.0 Å². The van der Waals surface area contributed by atoms with Crippen molar-refractivity contribution >= 4 is 11.6 Å². The van der Waals surface area contributed by atoms with Gasteiger partial charge in [0.05, 0.1) is 13.7 Å².